The number of hydrogen-bond acceptors (Lipinski definition) is 3. The van der Waals surface area contributed by atoms with Crippen LogP contribution in [0.2, 0.25) is 0 Å². The zero-order valence-corrected chi connectivity index (χ0v) is 7.01. The van der Waals surface area contributed by atoms with Gasteiger partial charge < -0.3 is 4.74 Å². The number of halogens is 1. The molecule has 0 spiro atoms. The molecule has 1 aromatic rings. The molecule has 0 atom stereocenters. The number of nitrogens with zero attached hydrogens (tertiary/aromatic N) is 2. The largest absolute Gasteiger partial charge is 0.477 e. The van der Waals surface area contributed by atoms with Crippen molar-refractivity contribution in [3.8, 4) is 5.88 Å². The second kappa shape index (κ2) is 4.13. The van der Waals surface area contributed by atoms with Crippen molar-refractivity contribution >= 4 is 11.6 Å². The van der Waals surface area contributed by atoms with E-state index < -0.39 is 0 Å². The van der Waals surface area contributed by atoms with Gasteiger partial charge in [0.25, 0.3) is 0 Å². The maximum Gasteiger partial charge on any atom is 0.233 e. The van der Waals surface area contributed by atoms with Gasteiger partial charge in [0.1, 0.15) is 0 Å². The summed E-state index contributed by atoms with van der Waals surface area (Å²) >= 11 is 5.51. The van der Waals surface area contributed by atoms with Crippen molar-refractivity contribution < 1.29 is 4.74 Å². The standard InChI is InChI=1S/C7H9ClN2O/c1-2-11-7-4-3-6(5-8)9-10-7/h3-4H,2,5H2,1H3. The minimum absolute atomic E-state index is 0.388. The van der Waals surface area contributed by atoms with E-state index >= 15 is 0 Å². The summed E-state index contributed by atoms with van der Waals surface area (Å²) in [7, 11) is 0. The van der Waals surface area contributed by atoms with Crippen LogP contribution in [0, 0.1) is 0 Å². The number of aromatic nitrogens is 2. The molecule has 0 fully saturated rings. The van der Waals surface area contributed by atoms with Crippen LogP contribution in [0.3, 0.4) is 0 Å². The second-order valence-electron chi connectivity index (χ2n) is 1.93. The lowest BCUT2D eigenvalue weighted by Gasteiger charge is -1.99. The van der Waals surface area contributed by atoms with E-state index in [-0.39, 0.29) is 0 Å². The molecule has 11 heavy (non-hydrogen) atoms. The fourth-order valence-corrected chi connectivity index (χ4v) is 0.786. The first-order chi connectivity index (χ1) is 5.36. The minimum atomic E-state index is 0.388. The SMILES string of the molecule is CCOc1ccc(CCl)nn1. The quantitative estimate of drug-likeness (QED) is 0.650. The highest BCUT2D eigenvalue weighted by Crippen LogP contribution is 2.05. The van der Waals surface area contributed by atoms with Gasteiger partial charge >= 0.3 is 0 Å². The number of ether oxygens (including phenoxy) is 1. The highest BCUT2D eigenvalue weighted by Gasteiger charge is 1.94. The summed E-state index contributed by atoms with van der Waals surface area (Å²) in [6.45, 7) is 2.51. The van der Waals surface area contributed by atoms with Gasteiger partial charge in [0.05, 0.1) is 18.2 Å². The molecule has 4 heteroatoms. The summed E-state index contributed by atoms with van der Waals surface area (Å²) in [5.41, 5.74) is 0.759. The first-order valence-electron chi connectivity index (χ1n) is 3.38. The first-order valence-corrected chi connectivity index (χ1v) is 3.91. The molecular weight excluding hydrogens is 164 g/mol. The van der Waals surface area contributed by atoms with E-state index in [2.05, 4.69) is 10.2 Å². The summed E-state index contributed by atoms with van der Waals surface area (Å²) < 4.78 is 5.09. The Morgan fingerprint density at radius 2 is 2.27 bits per heavy atom. The van der Waals surface area contributed by atoms with Gasteiger partial charge in [0, 0.05) is 6.07 Å². The van der Waals surface area contributed by atoms with Crippen molar-refractivity contribution in [2.24, 2.45) is 0 Å². The summed E-state index contributed by atoms with van der Waals surface area (Å²) in [6, 6.07) is 3.55. The third-order valence-corrected chi connectivity index (χ3v) is 1.40. The minimum Gasteiger partial charge on any atom is -0.477 e. The van der Waals surface area contributed by atoms with Crippen LogP contribution in [0.25, 0.3) is 0 Å². The second-order valence-corrected chi connectivity index (χ2v) is 2.20. The molecule has 0 aliphatic heterocycles. The normalized spacial score (nSPS) is 9.64. The van der Waals surface area contributed by atoms with E-state index in [1.54, 1.807) is 12.1 Å². The summed E-state index contributed by atoms with van der Waals surface area (Å²) in [5, 5.41) is 7.59. The average Bonchev–Trinajstić information content (AvgIpc) is 2.07. The van der Waals surface area contributed by atoms with Gasteiger partial charge in [0.15, 0.2) is 0 Å². The lowest BCUT2D eigenvalue weighted by atomic mass is 10.4. The molecule has 0 saturated carbocycles. The molecule has 0 saturated heterocycles. The van der Waals surface area contributed by atoms with Crippen LogP contribution < -0.4 is 4.74 Å². The molecule has 0 unspecified atom stereocenters. The Morgan fingerprint density at radius 1 is 1.45 bits per heavy atom. The van der Waals surface area contributed by atoms with Gasteiger partial charge in [-0.25, -0.2) is 0 Å². The molecule has 3 nitrogen and oxygen atoms in total. The van der Waals surface area contributed by atoms with Gasteiger partial charge in [-0.3, -0.25) is 0 Å². The Bertz CT molecular complexity index is 212. The third-order valence-electron chi connectivity index (χ3n) is 1.12. The topological polar surface area (TPSA) is 35.0 Å². The summed E-state index contributed by atoms with van der Waals surface area (Å²) in [4.78, 5) is 0. The van der Waals surface area contributed by atoms with Gasteiger partial charge in [-0.05, 0) is 13.0 Å². The molecule has 1 heterocycles. The van der Waals surface area contributed by atoms with E-state index in [1.807, 2.05) is 6.92 Å². The fourth-order valence-electron chi connectivity index (χ4n) is 0.644. The maximum absolute atomic E-state index is 5.51. The molecule has 0 aliphatic carbocycles. The van der Waals surface area contributed by atoms with Crippen LogP contribution >= 0.6 is 11.6 Å². The average molecular weight is 173 g/mol. The lowest BCUT2D eigenvalue weighted by molar-refractivity contribution is 0.322. The highest BCUT2D eigenvalue weighted by atomic mass is 35.5. The van der Waals surface area contributed by atoms with Crippen LogP contribution in [-0.2, 0) is 5.88 Å². The van der Waals surface area contributed by atoms with Gasteiger partial charge in [-0.2, -0.15) is 5.10 Å². The van der Waals surface area contributed by atoms with Crippen LogP contribution in [0.4, 0.5) is 0 Å². The van der Waals surface area contributed by atoms with Crippen LogP contribution in [0.1, 0.15) is 12.6 Å². The van der Waals surface area contributed by atoms with Crippen molar-refractivity contribution in [1.29, 1.82) is 0 Å². The molecule has 0 aliphatic rings. The molecule has 1 aromatic heterocycles. The predicted octanol–water partition coefficient (Wildman–Crippen LogP) is 1.61. The molecular formula is C7H9ClN2O. The molecule has 0 amide bonds. The van der Waals surface area contributed by atoms with Crippen LogP contribution in [-0.4, -0.2) is 16.8 Å². The molecule has 1 rings (SSSR count). The Labute approximate surface area is 70.4 Å². The van der Waals surface area contributed by atoms with Crippen molar-refractivity contribution in [3.05, 3.63) is 17.8 Å². The predicted molar refractivity (Wildman–Crippen MR) is 42.8 cm³/mol. The number of rotatable bonds is 3. The van der Waals surface area contributed by atoms with Crippen molar-refractivity contribution in [2.45, 2.75) is 12.8 Å². The smallest absolute Gasteiger partial charge is 0.233 e. The lowest BCUT2D eigenvalue weighted by Crippen LogP contribution is -1.97. The zero-order chi connectivity index (χ0) is 8.10. The Hall–Kier alpha value is -0.830. The van der Waals surface area contributed by atoms with E-state index in [0.29, 0.717) is 18.4 Å². The molecule has 0 N–H and O–H groups in total. The monoisotopic (exact) mass is 172 g/mol. The first kappa shape index (κ1) is 8.27. The third kappa shape index (κ3) is 2.35. The van der Waals surface area contributed by atoms with E-state index in [9.17, 15) is 0 Å². The van der Waals surface area contributed by atoms with E-state index in [4.69, 9.17) is 16.3 Å². The van der Waals surface area contributed by atoms with Crippen LogP contribution in [0.5, 0.6) is 5.88 Å². The van der Waals surface area contributed by atoms with Crippen molar-refractivity contribution in [1.82, 2.24) is 10.2 Å². The highest BCUT2D eigenvalue weighted by molar-refractivity contribution is 6.16. The molecule has 60 valence electrons. The van der Waals surface area contributed by atoms with E-state index in [1.165, 1.54) is 0 Å². The van der Waals surface area contributed by atoms with Crippen molar-refractivity contribution in [2.75, 3.05) is 6.61 Å². The Morgan fingerprint density at radius 3 is 2.73 bits per heavy atom. The zero-order valence-electron chi connectivity index (χ0n) is 6.25. The summed E-state index contributed by atoms with van der Waals surface area (Å²) in [5.74, 6) is 0.931. The Kier molecular flexibility index (Phi) is 3.11. The van der Waals surface area contributed by atoms with E-state index in [0.717, 1.165) is 5.69 Å². The number of hydrogen-bond donors (Lipinski definition) is 0. The van der Waals surface area contributed by atoms with Gasteiger partial charge in [-0.15, -0.1) is 16.7 Å². The van der Waals surface area contributed by atoms with Crippen LogP contribution in [0.15, 0.2) is 12.1 Å². The fraction of sp³-hybridized carbons (Fsp3) is 0.429. The molecule has 0 aromatic carbocycles. The number of alkyl halides is 1. The van der Waals surface area contributed by atoms with Crippen molar-refractivity contribution in [3.63, 3.8) is 0 Å². The maximum atomic E-state index is 5.51. The van der Waals surface area contributed by atoms with Gasteiger partial charge in [-0.1, -0.05) is 0 Å². The Balaban J connectivity index is 2.66. The molecule has 0 bridgehead atoms. The van der Waals surface area contributed by atoms with Gasteiger partial charge in [0.2, 0.25) is 5.88 Å². The molecule has 0 radical (unpaired) electrons. The summed E-state index contributed by atoms with van der Waals surface area (Å²) in [6.07, 6.45) is 0.